The molecule has 0 amide bonds. The van der Waals surface area contributed by atoms with Gasteiger partial charge in [-0.1, -0.05) is 0 Å². The average Bonchev–Trinajstić information content (AvgIpc) is 3.26. The van der Waals surface area contributed by atoms with E-state index in [1.54, 1.807) is 8.24 Å². The maximum atomic E-state index is 2.51. The fourth-order valence-corrected chi connectivity index (χ4v) is 19.8. The van der Waals surface area contributed by atoms with E-state index in [1.165, 1.54) is 99.0 Å². The van der Waals surface area contributed by atoms with Crippen molar-refractivity contribution in [2.24, 2.45) is 0 Å². The summed E-state index contributed by atoms with van der Waals surface area (Å²) in [6, 6.07) is 43.4. The van der Waals surface area contributed by atoms with Crippen molar-refractivity contribution in [3.63, 3.8) is 0 Å². The fourth-order valence-electron chi connectivity index (χ4n) is 10.3. The van der Waals surface area contributed by atoms with Gasteiger partial charge in [-0.15, -0.1) is 0 Å². The van der Waals surface area contributed by atoms with Gasteiger partial charge in [0.15, 0.2) is 0 Å². The zero-order chi connectivity index (χ0) is 46.6. The number of hydrogen-bond acceptors (Lipinski definition) is 0. The Labute approximate surface area is 406 Å². The Morgan fingerprint density at radius 2 is 0.406 bits per heavy atom. The number of rotatable bonds is 17. The second kappa shape index (κ2) is 21.9. The van der Waals surface area contributed by atoms with E-state index in [9.17, 15) is 0 Å². The van der Waals surface area contributed by atoms with E-state index in [4.69, 9.17) is 0 Å². The first-order valence-electron chi connectivity index (χ1n) is 24.9. The van der Waals surface area contributed by atoms with Crippen molar-refractivity contribution in [2.75, 3.05) is 0 Å². The van der Waals surface area contributed by atoms with Crippen molar-refractivity contribution in [3.8, 4) is 44.5 Å². The Balaban J connectivity index is 1.58. The van der Waals surface area contributed by atoms with Crippen LogP contribution in [0.3, 0.4) is 0 Å². The summed E-state index contributed by atoms with van der Waals surface area (Å²) in [6.45, 7) is 38.3. The Morgan fingerprint density at radius 3 is 0.562 bits per heavy atom. The third-order valence-electron chi connectivity index (χ3n) is 13.6. The maximum absolute atomic E-state index is 2.51. The summed E-state index contributed by atoms with van der Waals surface area (Å²) in [4.78, 5) is 2.66. The van der Waals surface area contributed by atoms with Crippen LogP contribution in [0.15, 0.2) is 109 Å². The van der Waals surface area contributed by atoms with E-state index in [1.807, 2.05) is 0 Å². The summed E-state index contributed by atoms with van der Waals surface area (Å²) in [7, 11) is 0. The van der Waals surface area contributed by atoms with Crippen LogP contribution in [-0.2, 0) is 0 Å². The topological polar surface area (TPSA) is 0 Å². The molecule has 6 rings (SSSR count). The summed E-state index contributed by atoms with van der Waals surface area (Å²) in [5, 5.41) is 0. The molecule has 0 unspecified atom stereocenters. The fraction of sp³-hybridized carbons (Fsp3) is 0.419. The Bertz CT molecular complexity index is 2080. The second-order valence-corrected chi connectivity index (χ2v) is 27.6. The number of benzene rings is 6. The molecular formula is C62H78Ga2. The molecule has 0 fully saturated rings. The summed E-state index contributed by atoms with van der Waals surface area (Å²) in [6.07, 6.45) is 0. The van der Waals surface area contributed by atoms with E-state index in [-0.39, 0.29) is 0 Å². The molecule has 0 saturated carbocycles. The van der Waals surface area contributed by atoms with Crippen LogP contribution in [0, 0.1) is 0 Å². The summed E-state index contributed by atoms with van der Waals surface area (Å²) >= 11 is -1.91. The van der Waals surface area contributed by atoms with Crippen molar-refractivity contribution in [3.05, 3.63) is 154 Å². The molecule has 0 nitrogen and oxygen atoms in total. The van der Waals surface area contributed by atoms with Gasteiger partial charge in [0, 0.05) is 0 Å². The van der Waals surface area contributed by atoms with Gasteiger partial charge in [-0.3, -0.25) is 0 Å². The first kappa shape index (κ1) is 50.0. The van der Waals surface area contributed by atoms with Crippen molar-refractivity contribution >= 4 is 43.1 Å². The average molecular weight is 963 g/mol. The third kappa shape index (κ3) is 10.6. The molecule has 0 N–H and O–H groups in total. The van der Waals surface area contributed by atoms with Crippen LogP contribution in [0.4, 0.5) is 0 Å². The summed E-state index contributed by atoms with van der Waals surface area (Å²) in [5.74, 6) is 3.56. The molecule has 0 aliphatic rings. The van der Waals surface area contributed by atoms with Crippen molar-refractivity contribution in [1.29, 1.82) is 0 Å². The molecule has 0 spiro atoms. The molecule has 0 bridgehead atoms. The Hall–Kier alpha value is -3.41. The molecular weight excluding hydrogens is 884 g/mol. The number of hydrogen-bond donors (Lipinski definition) is 0. The molecule has 332 valence electrons. The molecule has 2 radical (unpaired) electrons. The molecule has 0 aliphatic carbocycles. The minimum atomic E-state index is -0.953. The molecule has 0 saturated heterocycles. The predicted octanol–water partition coefficient (Wildman–Crippen LogP) is 17.5. The quantitative estimate of drug-likeness (QED) is 0.0631. The predicted molar refractivity (Wildman–Crippen MR) is 288 cm³/mol. The van der Waals surface area contributed by atoms with Crippen LogP contribution in [-0.4, -0.2) is 34.8 Å². The van der Waals surface area contributed by atoms with Crippen LogP contribution in [0.25, 0.3) is 44.5 Å². The SMILES string of the molecule is CC(C)c1cccc(C(C)C)c1-c1cccc(-c2c(C(C)C)cccc2C(C)C)[c]1[Ga][CH2][CH2][Ga][c]1c(-c2c(C(C)C)cccc2C(C)C)cccc1-c1c(C(C)C)cccc1C(C)C. The van der Waals surface area contributed by atoms with Crippen LogP contribution in [0.5, 0.6) is 0 Å². The van der Waals surface area contributed by atoms with E-state index in [0.29, 0.717) is 47.3 Å². The van der Waals surface area contributed by atoms with Crippen molar-refractivity contribution in [1.82, 2.24) is 0 Å². The van der Waals surface area contributed by atoms with Crippen molar-refractivity contribution < 1.29 is 0 Å². The standard InChI is InChI=1S/2C30H37.C2H4.2Ga/c2*1-19(2)25-14-10-15-26(20(3)4)29(25)23-12-9-13-24(18-23)30-27(21(5)6)16-11-17-28(30)22(7)8;1-2;;/h2*9-17,19-22H,1-8H3;1-2H2;;. The van der Waals surface area contributed by atoms with Gasteiger partial charge < -0.3 is 0 Å². The molecule has 0 atom stereocenters. The normalized spacial score (nSPS) is 12.1. The second-order valence-electron chi connectivity index (χ2n) is 21.0. The first-order chi connectivity index (χ1) is 30.5. The van der Waals surface area contributed by atoms with Gasteiger partial charge in [0.05, 0.1) is 0 Å². The van der Waals surface area contributed by atoms with Gasteiger partial charge in [0.2, 0.25) is 0 Å². The zero-order valence-corrected chi connectivity index (χ0v) is 47.4. The molecule has 0 aliphatic heterocycles. The summed E-state index contributed by atoms with van der Waals surface area (Å²) in [5.41, 5.74) is 24.1. The van der Waals surface area contributed by atoms with E-state index < -0.39 is 34.8 Å². The molecule has 64 heavy (non-hydrogen) atoms. The Morgan fingerprint density at radius 1 is 0.250 bits per heavy atom. The Kier molecular flexibility index (Phi) is 17.1. The van der Waals surface area contributed by atoms with E-state index >= 15 is 0 Å². The van der Waals surface area contributed by atoms with Gasteiger partial charge in [0.25, 0.3) is 0 Å². The van der Waals surface area contributed by atoms with Crippen LogP contribution < -0.4 is 8.24 Å². The molecule has 2 heteroatoms. The monoisotopic (exact) mass is 960 g/mol. The van der Waals surface area contributed by atoms with Crippen LogP contribution >= 0.6 is 0 Å². The molecule has 6 aromatic rings. The van der Waals surface area contributed by atoms with Gasteiger partial charge in [-0.25, -0.2) is 0 Å². The molecule has 6 aromatic carbocycles. The summed E-state index contributed by atoms with van der Waals surface area (Å²) < 4.78 is 3.39. The van der Waals surface area contributed by atoms with E-state index in [0.717, 1.165) is 0 Å². The zero-order valence-electron chi connectivity index (χ0n) is 42.6. The molecule has 0 aromatic heterocycles. The van der Waals surface area contributed by atoms with Crippen LogP contribution in [0.1, 0.15) is 203 Å². The third-order valence-corrected chi connectivity index (χ3v) is 23.5. The van der Waals surface area contributed by atoms with Crippen LogP contribution in [0.2, 0.25) is 9.95 Å². The van der Waals surface area contributed by atoms with Gasteiger partial charge in [0.1, 0.15) is 0 Å². The van der Waals surface area contributed by atoms with Gasteiger partial charge in [-0.2, -0.15) is 0 Å². The van der Waals surface area contributed by atoms with E-state index in [2.05, 4.69) is 220 Å². The first-order valence-corrected chi connectivity index (χ1v) is 30.8. The van der Waals surface area contributed by atoms with Crippen molar-refractivity contribution in [2.45, 2.75) is 168 Å². The van der Waals surface area contributed by atoms with Gasteiger partial charge >= 0.3 is 409 Å². The van der Waals surface area contributed by atoms with Gasteiger partial charge in [-0.05, 0) is 0 Å². The minimum absolute atomic E-state index is 0.445. The molecule has 0 heterocycles.